The standard InChI is InChI=1S/C36H54N9O8P/c1-2-3-4-5-6-7-8-9-10-11-12-13-14-15-16-17-20-50-23-28(44-22-27(21-37)42-43-44)24-51-54(48,49)53-32-31-36(32,47)34(46)35(25-38,52-31)30-19-18-29-33(39)40-26-41-45(29)30/h18-19,22,26,28,31-32,34,46-47H,2-17,20,23-24H2,1H3,(H,48,49)(H2,39,40,41)/t28-,31-,32?,34+,35+,36+/m1/s1. The SMILES string of the molecule is CCCCCCCCCCCCCCCCCCOC[C@H](COP(=O)(O)OC1[C@H]2O[C@@](C#N)(c3ccc4c(N)ncnn34)[C@H](O)[C@@]12O)n1cc(C#N)nn1. The molecule has 1 saturated carbocycles. The summed E-state index contributed by atoms with van der Waals surface area (Å²) in [5, 5.41) is 53.6. The summed E-state index contributed by atoms with van der Waals surface area (Å²) in [4.78, 5) is 14.5. The maximum absolute atomic E-state index is 13.1. The Kier molecular flexibility index (Phi) is 14.9. The number of aliphatic hydroxyl groups excluding tert-OH is 1. The number of phosphoric acid groups is 1. The quantitative estimate of drug-likeness (QED) is 0.0618. The van der Waals surface area contributed by atoms with Gasteiger partial charge in [0, 0.05) is 6.61 Å². The summed E-state index contributed by atoms with van der Waals surface area (Å²) in [6.07, 6.45) is 18.1. The molecule has 0 aromatic carbocycles. The third kappa shape index (κ3) is 9.83. The summed E-state index contributed by atoms with van der Waals surface area (Å²) >= 11 is 0. The van der Waals surface area contributed by atoms with Gasteiger partial charge in [-0.3, -0.25) is 9.05 Å². The van der Waals surface area contributed by atoms with Crippen LogP contribution in [-0.2, 0) is 28.7 Å². The van der Waals surface area contributed by atoms with Crippen molar-refractivity contribution in [2.75, 3.05) is 25.6 Å². The number of nitrogens with two attached hydrogens (primary N) is 1. The molecule has 1 aliphatic carbocycles. The van der Waals surface area contributed by atoms with Crippen LogP contribution in [0.2, 0.25) is 0 Å². The number of phosphoric ester groups is 1. The molecular weight excluding hydrogens is 717 g/mol. The number of anilines is 1. The molecule has 2 unspecified atom stereocenters. The first-order valence-corrected chi connectivity index (χ1v) is 20.7. The molecule has 0 spiro atoms. The van der Waals surface area contributed by atoms with Crippen molar-refractivity contribution in [3.05, 3.63) is 36.0 Å². The van der Waals surface area contributed by atoms with Crippen molar-refractivity contribution < 1.29 is 38.2 Å². The maximum atomic E-state index is 13.1. The second-order valence-corrected chi connectivity index (χ2v) is 15.8. The lowest BCUT2D eigenvalue weighted by molar-refractivity contribution is -0.106. The van der Waals surface area contributed by atoms with E-state index in [1.165, 1.54) is 117 Å². The van der Waals surface area contributed by atoms with Crippen LogP contribution in [0, 0.1) is 22.7 Å². The second-order valence-electron chi connectivity index (χ2n) is 14.4. The highest BCUT2D eigenvalue weighted by molar-refractivity contribution is 7.47. The summed E-state index contributed by atoms with van der Waals surface area (Å²) in [6, 6.07) is 6.06. The van der Waals surface area contributed by atoms with Crippen LogP contribution in [-0.4, -0.2) is 88.4 Å². The number of unbranched alkanes of at least 4 members (excludes halogenated alkanes) is 15. The van der Waals surface area contributed by atoms with E-state index >= 15 is 0 Å². The molecule has 0 radical (unpaired) electrons. The van der Waals surface area contributed by atoms with Gasteiger partial charge in [0.15, 0.2) is 17.1 Å². The van der Waals surface area contributed by atoms with E-state index in [0.29, 0.717) is 12.1 Å². The Balaban J connectivity index is 1.01. The van der Waals surface area contributed by atoms with Crippen LogP contribution in [0.4, 0.5) is 5.82 Å². The third-order valence-electron chi connectivity index (χ3n) is 10.4. The van der Waals surface area contributed by atoms with Gasteiger partial charge >= 0.3 is 7.82 Å². The molecule has 0 bridgehead atoms. The molecule has 7 atom stereocenters. The van der Waals surface area contributed by atoms with Crippen LogP contribution in [0.3, 0.4) is 0 Å². The zero-order valence-electron chi connectivity index (χ0n) is 31.0. The summed E-state index contributed by atoms with van der Waals surface area (Å²) < 4.78 is 37.9. The van der Waals surface area contributed by atoms with Crippen molar-refractivity contribution in [3.63, 3.8) is 0 Å². The zero-order valence-corrected chi connectivity index (χ0v) is 31.9. The minimum atomic E-state index is -4.88. The van der Waals surface area contributed by atoms with Crippen molar-refractivity contribution >= 4 is 19.2 Å². The summed E-state index contributed by atoms with van der Waals surface area (Å²) in [5.41, 5.74) is 2.08. The molecule has 18 heteroatoms. The highest BCUT2D eigenvalue weighted by Gasteiger charge is 2.83. The number of hydrogen-bond acceptors (Lipinski definition) is 14. The average molecular weight is 772 g/mol. The van der Waals surface area contributed by atoms with E-state index in [1.54, 1.807) is 0 Å². The predicted octanol–water partition coefficient (Wildman–Crippen LogP) is 5.02. The molecule has 1 aliphatic heterocycles. The van der Waals surface area contributed by atoms with E-state index in [0.717, 1.165) is 19.3 Å². The van der Waals surface area contributed by atoms with Gasteiger partial charge in [-0.25, -0.2) is 18.7 Å². The molecule has 1 saturated heterocycles. The van der Waals surface area contributed by atoms with Gasteiger partial charge in [-0.2, -0.15) is 15.6 Å². The normalized spacial score (nSPS) is 24.9. The first kappa shape index (κ1) is 41.6. The van der Waals surface area contributed by atoms with Crippen LogP contribution in [0.5, 0.6) is 0 Å². The average Bonchev–Trinajstić information content (AvgIpc) is 3.62. The molecule has 4 heterocycles. The molecule has 2 aliphatic rings. The van der Waals surface area contributed by atoms with E-state index in [9.17, 15) is 30.2 Å². The largest absolute Gasteiger partial charge is 0.472 e. The number of nitrogen functional groups attached to an aromatic ring is 1. The van der Waals surface area contributed by atoms with Gasteiger partial charge in [-0.1, -0.05) is 108 Å². The van der Waals surface area contributed by atoms with Crippen molar-refractivity contribution in [3.8, 4) is 12.1 Å². The summed E-state index contributed by atoms with van der Waals surface area (Å²) in [5.74, 6) is 0.124. The lowest BCUT2D eigenvalue weighted by atomic mass is 9.90. The van der Waals surface area contributed by atoms with Crippen LogP contribution in [0.1, 0.15) is 127 Å². The second kappa shape index (κ2) is 19.4. The van der Waals surface area contributed by atoms with E-state index < -0.39 is 50.0 Å². The van der Waals surface area contributed by atoms with Crippen molar-refractivity contribution in [1.29, 1.82) is 10.5 Å². The maximum Gasteiger partial charge on any atom is 0.472 e. The fraction of sp³-hybridized carbons (Fsp3) is 0.722. The van der Waals surface area contributed by atoms with Gasteiger partial charge in [0.05, 0.1) is 25.1 Å². The highest BCUT2D eigenvalue weighted by atomic mass is 31.2. The topological polar surface area (TPSA) is 249 Å². The minimum absolute atomic E-state index is 0.0475. The number of aromatic nitrogens is 6. The Morgan fingerprint density at radius 2 is 1.63 bits per heavy atom. The Morgan fingerprint density at radius 3 is 2.19 bits per heavy atom. The van der Waals surface area contributed by atoms with Crippen LogP contribution in [0.15, 0.2) is 24.7 Å². The molecule has 5 rings (SSSR count). The Hall–Kier alpha value is -3.51. The zero-order chi connectivity index (χ0) is 38.6. The molecule has 2 fully saturated rings. The van der Waals surface area contributed by atoms with Gasteiger partial charge in [0.1, 0.15) is 48.3 Å². The predicted molar refractivity (Wildman–Crippen MR) is 195 cm³/mol. The number of nitriles is 2. The fourth-order valence-electron chi connectivity index (χ4n) is 7.14. The van der Waals surface area contributed by atoms with Crippen molar-refractivity contribution in [1.82, 2.24) is 29.6 Å². The monoisotopic (exact) mass is 771 g/mol. The third-order valence-corrected chi connectivity index (χ3v) is 11.3. The molecular formula is C36H54N9O8P. The van der Waals surface area contributed by atoms with Gasteiger partial charge in [-0.05, 0) is 18.6 Å². The minimum Gasteiger partial charge on any atom is -0.385 e. The number of rotatable bonds is 26. The lowest BCUT2D eigenvalue weighted by Gasteiger charge is -2.29. The Labute approximate surface area is 316 Å². The van der Waals surface area contributed by atoms with Crippen molar-refractivity contribution in [2.24, 2.45) is 0 Å². The Bertz CT molecular complexity index is 1780. The number of nitrogens with zero attached hydrogens (tertiary/aromatic N) is 8. The number of hydrogen-bond donors (Lipinski definition) is 4. The number of fused-ring (bicyclic) bond motifs is 2. The summed E-state index contributed by atoms with van der Waals surface area (Å²) in [7, 11) is -4.88. The fourth-order valence-corrected chi connectivity index (χ4v) is 8.13. The van der Waals surface area contributed by atoms with Crippen LogP contribution in [0.25, 0.3) is 5.52 Å². The smallest absolute Gasteiger partial charge is 0.385 e. The molecule has 54 heavy (non-hydrogen) atoms. The van der Waals surface area contributed by atoms with E-state index in [-0.39, 0.29) is 23.8 Å². The lowest BCUT2D eigenvalue weighted by Crippen LogP contribution is -2.47. The molecule has 3 aromatic rings. The van der Waals surface area contributed by atoms with E-state index in [1.807, 2.05) is 12.1 Å². The van der Waals surface area contributed by atoms with E-state index in [4.69, 9.17) is 24.3 Å². The first-order valence-electron chi connectivity index (χ1n) is 19.2. The first-order chi connectivity index (χ1) is 26.1. The molecule has 296 valence electrons. The van der Waals surface area contributed by atoms with Crippen LogP contribution < -0.4 is 5.73 Å². The number of aliphatic hydroxyl groups is 2. The van der Waals surface area contributed by atoms with Gasteiger partial charge in [0.25, 0.3) is 0 Å². The van der Waals surface area contributed by atoms with Crippen molar-refractivity contribution in [2.45, 2.75) is 145 Å². The van der Waals surface area contributed by atoms with Crippen LogP contribution >= 0.6 is 7.82 Å². The molecule has 0 amide bonds. The van der Waals surface area contributed by atoms with Gasteiger partial charge < -0.3 is 30.3 Å². The molecule has 3 aromatic heterocycles. The summed E-state index contributed by atoms with van der Waals surface area (Å²) in [6.45, 7) is 2.35. The highest BCUT2D eigenvalue weighted by Crippen LogP contribution is 2.63. The number of ether oxygens (including phenoxy) is 2. The molecule has 17 nitrogen and oxygen atoms in total. The Morgan fingerprint density at radius 1 is 1.00 bits per heavy atom. The van der Waals surface area contributed by atoms with E-state index in [2.05, 4.69) is 27.3 Å². The van der Waals surface area contributed by atoms with Gasteiger partial charge in [0.2, 0.25) is 5.60 Å². The van der Waals surface area contributed by atoms with Gasteiger partial charge in [-0.15, -0.1) is 5.10 Å². The molecule has 5 N–H and O–H groups in total.